The van der Waals surface area contributed by atoms with E-state index in [2.05, 4.69) is 10.6 Å². The molecule has 7 heteroatoms. The van der Waals surface area contributed by atoms with Gasteiger partial charge in [-0.05, 0) is 26.0 Å². The Morgan fingerprint density at radius 3 is 2.36 bits per heavy atom. The molecule has 3 amide bonds. The average Bonchev–Trinajstić information content (AvgIpc) is 2.43. The first-order valence-corrected chi connectivity index (χ1v) is 7.00. The zero-order chi connectivity index (χ0) is 16.5. The van der Waals surface area contributed by atoms with Crippen molar-refractivity contribution in [3.63, 3.8) is 0 Å². The van der Waals surface area contributed by atoms with Crippen molar-refractivity contribution in [3.8, 4) is 0 Å². The van der Waals surface area contributed by atoms with Gasteiger partial charge in [0.25, 0.3) is 0 Å². The Labute approximate surface area is 129 Å². The highest BCUT2D eigenvalue weighted by atomic mass is 16.4. The summed E-state index contributed by atoms with van der Waals surface area (Å²) >= 11 is 0. The number of carbonyl (C=O) groups is 3. The van der Waals surface area contributed by atoms with Crippen molar-refractivity contribution in [2.75, 3.05) is 18.4 Å². The molecule has 120 valence electrons. The molecule has 0 saturated carbocycles. The van der Waals surface area contributed by atoms with Crippen molar-refractivity contribution in [1.29, 1.82) is 0 Å². The van der Waals surface area contributed by atoms with Gasteiger partial charge in [0, 0.05) is 24.7 Å². The maximum atomic E-state index is 11.7. The molecule has 1 aromatic carbocycles. The number of carboxylic acid groups (broad SMARTS) is 1. The fourth-order valence-electron chi connectivity index (χ4n) is 1.81. The van der Waals surface area contributed by atoms with E-state index < -0.39 is 17.9 Å². The summed E-state index contributed by atoms with van der Waals surface area (Å²) in [5, 5.41) is 13.6. The van der Waals surface area contributed by atoms with Crippen LogP contribution in [-0.2, 0) is 9.59 Å². The number of benzene rings is 1. The summed E-state index contributed by atoms with van der Waals surface area (Å²) < 4.78 is 0. The summed E-state index contributed by atoms with van der Waals surface area (Å²) in [6.07, 6.45) is 0.0493. The molecule has 0 radical (unpaired) electrons. The standard InChI is InChI=1S/C15H21N3O4/c1-11(2)18(10-14(20)21)9-8-13(19)17-15(22)16-12-6-4-3-5-7-12/h3-7,11H,8-10H2,1-2H3,(H,20,21)(H2,16,17,19,22). The lowest BCUT2D eigenvalue weighted by Crippen LogP contribution is -2.40. The Morgan fingerprint density at radius 2 is 1.82 bits per heavy atom. The van der Waals surface area contributed by atoms with Crippen molar-refractivity contribution in [3.05, 3.63) is 30.3 Å². The number of amides is 3. The summed E-state index contributed by atoms with van der Waals surface area (Å²) in [4.78, 5) is 35.7. The maximum absolute atomic E-state index is 11.7. The van der Waals surface area contributed by atoms with Gasteiger partial charge >= 0.3 is 12.0 Å². The molecule has 22 heavy (non-hydrogen) atoms. The minimum absolute atomic E-state index is 0.00189. The van der Waals surface area contributed by atoms with E-state index in [1.54, 1.807) is 29.2 Å². The fraction of sp³-hybridized carbons (Fsp3) is 0.400. The van der Waals surface area contributed by atoms with Gasteiger partial charge in [-0.2, -0.15) is 0 Å². The average molecular weight is 307 g/mol. The number of anilines is 1. The summed E-state index contributed by atoms with van der Waals surface area (Å²) in [6.45, 7) is 3.83. The highest BCUT2D eigenvalue weighted by Crippen LogP contribution is 2.04. The van der Waals surface area contributed by atoms with Crippen LogP contribution in [0.5, 0.6) is 0 Å². The van der Waals surface area contributed by atoms with E-state index in [1.165, 1.54) is 0 Å². The minimum Gasteiger partial charge on any atom is -0.480 e. The number of hydrogen-bond donors (Lipinski definition) is 3. The molecule has 0 saturated heterocycles. The Kier molecular flexibility index (Phi) is 7.04. The molecule has 0 aromatic heterocycles. The predicted molar refractivity (Wildman–Crippen MR) is 82.6 cm³/mol. The number of para-hydroxylation sites is 1. The number of urea groups is 1. The number of nitrogens with zero attached hydrogens (tertiary/aromatic N) is 1. The number of rotatable bonds is 7. The molecule has 0 atom stereocenters. The molecule has 0 spiro atoms. The zero-order valence-corrected chi connectivity index (χ0v) is 12.7. The Bertz CT molecular complexity index is 517. The molecule has 3 N–H and O–H groups in total. The molecule has 7 nitrogen and oxygen atoms in total. The van der Waals surface area contributed by atoms with Crippen molar-refractivity contribution < 1.29 is 19.5 Å². The van der Waals surface area contributed by atoms with Gasteiger partial charge in [0.05, 0.1) is 6.54 Å². The molecule has 0 aliphatic heterocycles. The number of nitrogens with one attached hydrogen (secondary N) is 2. The first kappa shape index (κ1) is 17.6. The van der Waals surface area contributed by atoms with E-state index in [0.717, 1.165) is 0 Å². The topological polar surface area (TPSA) is 98.7 Å². The number of aliphatic carboxylic acids is 1. The van der Waals surface area contributed by atoms with E-state index in [4.69, 9.17) is 5.11 Å². The molecular weight excluding hydrogens is 286 g/mol. The number of imide groups is 1. The normalized spacial score (nSPS) is 10.5. The van der Waals surface area contributed by atoms with Crippen molar-refractivity contribution in [1.82, 2.24) is 10.2 Å². The minimum atomic E-state index is -0.948. The van der Waals surface area contributed by atoms with Gasteiger partial charge in [0.1, 0.15) is 0 Å². The van der Waals surface area contributed by atoms with E-state index in [9.17, 15) is 14.4 Å². The molecule has 1 rings (SSSR count). The third-order valence-electron chi connectivity index (χ3n) is 2.98. The van der Waals surface area contributed by atoms with Gasteiger partial charge < -0.3 is 10.4 Å². The zero-order valence-electron chi connectivity index (χ0n) is 12.7. The predicted octanol–water partition coefficient (Wildman–Crippen LogP) is 1.52. The van der Waals surface area contributed by atoms with Crippen LogP contribution in [-0.4, -0.2) is 47.0 Å². The lowest BCUT2D eigenvalue weighted by molar-refractivity contribution is -0.139. The number of carbonyl (C=O) groups excluding carboxylic acids is 2. The second-order valence-electron chi connectivity index (χ2n) is 5.08. The molecular formula is C15H21N3O4. The van der Waals surface area contributed by atoms with Crippen LogP contribution in [0.15, 0.2) is 30.3 Å². The van der Waals surface area contributed by atoms with Crippen LogP contribution in [0.2, 0.25) is 0 Å². The van der Waals surface area contributed by atoms with E-state index in [0.29, 0.717) is 5.69 Å². The van der Waals surface area contributed by atoms with Gasteiger partial charge in [0.2, 0.25) is 5.91 Å². The number of carboxylic acids is 1. The van der Waals surface area contributed by atoms with Gasteiger partial charge in [-0.15, -0.1) is 0 Å². The van der Waals surface area contributed by atoms with Crippen molar-refractivity contribution in [2.45, 2.75) is 26.3 Å². The Hall–Kier alpha value is -2.41. The molecule has 0 heterocycles. The largest absolute Gasteiger partial charge is 0.480 e. The van der Waals surface area contributed by atoms with E-state index in [-0.39, 0.29) is 25.6 Å². The third kappa shape index (κ3) is 6.85. The lowest BCUT2D eigenvalue weighted by atomic mass is 10.2. The first-order valence-electron chi connectivity index (χ1n) is 7.00. The Balaban J connectivity index is 2.38. The van der Waals surface area contributed by atoms with Crippen LogP contribution < -0.4 is 10.6 Å². The molecule has 0 fully saturated rings. The highest BCUT2D eigenvalue weighted by Gasteiger charge is 2.15. The quantitative estimate of drug-likeness (QED) is 0.709. The van der Waals surface area contributed by atoms with Crippen LogP contribution in [0.3, 0.4) is 0 Å². The van der Waals surface area contributed by atoms with Gasteiger partial charge in [0.15, 0.2) is 0 Å². The first-order chi connectivity index (χ1) is 10.4. The van der Waals surface area contributed by atoms with Crippen LogP contribution in [0.25, 0.3) is 0 Å². The molecule has 0 bridgehead atoms. The monoisotopic (exact) mass is 307 g/mol. The van der Waals surface area contributed by atoms with Crippen LogP contribution in [0.1, 0.15) is 20.3 Å². The van der Waals surface area contributed by atoms with Crippen LogP contribution in [0.4, 0.5) is 10.5 Å². The van der Waals surface area contributed by atoms with Crippen molar-refractivity contribution in [2.24, 2.45) is 0 Å². The summed E-state index contributed by atoms with van der Waals surface area (Å²) in [5.74, 6) is -1.40. The second kappa shape index (κ2) is 8.78. The smallest absolute Gasteiger partial charge is 0.325 e. The highest BCUT2D eigenvalue weighted by molar-refractivity contribution is 6.01. The maximum Gasteiger partial charge on any atom is 0.325 e. The molecule has 1 aromatic rings. The summed E-state index contributed by atoms with van der Waals surface area (Å²) in [6, 6.07) is 8.16. The van der Waals surface area contributed by atoms with E-state index in [1.807, 2.05) is 19.9 Å². The fourth-order valence-corrected chi connectivity index (χ4v) is 1.81. The number of hydrogen-bond acceptors (Lipinski definition) is 4. The summed E-state index contributed by atoms with van der Waals surface area (Å²) in [5.41, 5.74) is 0.586. The van der Waals surface area contributed by atoms with E-state index >= 15 is 0 Å². The van der Waals surface area contributed by atoms with Gasteiger partial charge in [-0.1, -0.05) is 18.2 Å². The second-order valence-corrected chi connectivity index (χ2v) is 5.08. The van der Waals surface area contributed by atoms with Gasteiger partial charge in [-0.3, -0.25) is 19.8 Å². The van der Waals surface area contributed by atoms with Crippen LogP contribution >= 0.6 is 0 Å². The van der Waals surface area contributed by atoms with Crippen molar-refractivity contribution >= 4 is 23.6 Å². The van der Waals surface area contributed by atoms with Crippen LogP contribution in [0, 0.1) is 0 Å². The lowest BCUT2D eigenvalue weighted by Gasteiger charge is -2.23. The molecule has 0 aliphatic carbocycles. The van der Waals surface area contributed by atoms with Gasteiger partial charge in [-0.25, -0.2) is 4.79 Å². The Morgan fingerprint density at radius 1 is 1.18 bits per heavy atom. The SMILES string of the molecule is CC(C)N(CCC(=O)NC(=O)Nc1ccccc1)CC(=O)O. The molecule has 0 aliphatic rings. The summed E-state index contributed by atoms with van der Waals surface area (Å²) in [7, 11) is 0. The molecule has 0 unspecified atom stereocenters. The third-order valence-corrected chi connectivity index (χ3v) is 2.98.